The average Bonchev–Trinajstić information content (AvgIpc) is 3.04. The number of nitrogens with zero attached hydrogens (tertiary/aromatic N) is 1. The van der Waals surface area contributed by atoms with Crippen LogP contribution in [0.4, 0.5) is 8.78 Å². The van der Waals surface area contributed by atoms with Crippen molar-refractivity contribution in [3.8, 4) is 0 Å². The second-order valence-electron chi connectivity index (χ2n) is 9.35. The van der Waals surface area contributed by atoms with Crippen molar-refractivity contribution in [1.29, 1.82) is 0 Å². The molecule has 30 heavy (non-hydrogen) atoms. The molecule has 0 amide bonds. The minimum absolute atomic E-state index is 0.00838. The molecular weight excluding hydrogens is 432 g/mol. The molecule has 2 fully saturated rings. The van der Waals surface area contributed by atoms with E-state index >= 15 is 0 Å². The smallest absolute Gasteiger partial charge is 0.243 e. The number of halogens is 2. The summed E-state index contributed by atoms with van der Waals surface area (Å²) in [7, 11) is -3.03. The number of sulfone groups is 1. The van der Waals surface area contributed by atoms with E-state index < -0.39 is 21.9 Å². The number of thiophene rings is 1. The second-order valence-corrected chi connectivity index (χ2v) is 12.8. The van der Waals surface area contributed by atoms with Gasteiger partial charge in [0.05, 0.1) is 17.1 Å². The van der Waals surface area contributed by atoms with Crippen LogP contribution >= 0.6 is 11.3 Å². The average molecular weight is 466 g/mol. The van der Waals surface area contributed by atoms with Crippen LogP contribution in [-0.2, 0) is 28.1 Å². The summed E-state index contributed by atoms with van der Waals surface area (Å²) in [5.74, 6) is 0.0755. The van der Waals surface area contributed by atoms with E-state index in [9.17, 15) is 27.4 Å². The molecule has 0 bridgehead atoms. The van der Waals surface area contributed by atoms with Crippen LogP contribution < -0.4 is 0 Å². The summed E-state index contributed by atoms with van der Waals surface area (Å²) < 4.78 is 49.2. The fourth-order valence-electron chi connectivity index (χ4n) is 4.94. The van der Waals surface area contributed by atoms with Crippen LogP contribution in [0, 0.1) is 0 Å². The standard InChI is InChI=1S/C21H33F2NO4S2/c1-15-13-20(2,19-16(3-8-25)11-17(29-19)12-18(22)23)4-7-24(15)14-21(26)5-9-30(27,28)10-6-21/h11,15,18,25-26H,3-10,12-14H2,1-2H3/t15-,20?/m0/s1. The van der Waals surface area contributed by atoms with Crippen LogP contribution in [0.5, 0.6) is 0 Å². The molecule has 0 aliphatic carbocycles. The minimum atomic E-state index is -3.03. The van der Waals surface area contributed by atoms with Gasteiger partial charge in [-0.3, -0.25) is 4.90 Å². The van der Waals surface area contributed by atoms with Crippen LogP contribution in [0.25, 0.3) is 0 Å². The maximum Gasteiger partial charge on any atom is 0.243 e. The van der Waals surface area contributed by atoms with E-state index in [2.05, 4.69) is 18.7 Å². The number of alkyl halides is 2. The van der Waals surface area contributed by atoms with Crippen molar-refractivity contribution in [3.63, 3.8) is 0 Å². The van der Waals surface area contributed by atoms with Gasteiger partial charge in [-0.15, -0.1) is 11.3 Å². The monoisotopic (exact) mass is 465 g/mol. The lowest BCUT2D eigenvalue weighted by molar-refractivity contribution is -0.0289. The van der Waals surface area contributed by atoms with E-state index in [1.165, 1.54) is 11.3 Å². The molecule has 3 heterocycles. The molecule has 2 aliphatic rings. The number of aliphatic hydroxyl groups is 2. The molecule has 0 spiro atoms. The van der Waals surface area contributed by atoms with Gasteiger partial charge in [0.2, 0.25) is 6.43 Å². The van der Waals surface area contributed by atoms with E-state index in [0.717, 1.165) is 29.8 Å². The largest absolute Gasteiger partial charge is 0.396 e. The number of hydrogen-bond acceptors (Lipinski definition) is 6. The molecular formula is C21H33F2NO4S2. The van der Waals surface area contributed by atoms with Gasteiger partial charge in [-0.1, -0.05) is 6.92 Å². The molecule has 0 aromatic carbocycles. The number of piperidine rings is 1. The second kappa shape index (κ2) is 9.10. The zero-order valence-electron chi connectivity index (χ0n) is 17.7. The van der Waals surface area contributed by atoms with E-state index in [1.54, 1.807) is 0 Å². The number of β-amino-alcohol motifs (C(OH)–C–C–N with tert-alkyl or cyclic N) is 1. The molecule has 1 aromatic rings. The molecule has 9 heteroatoms. The third-order valence-electron chi connectivity index (χ3n) is 6.72. The highest BCUT2D eigenvalue weighted by atomic mass is 32.2. The maximum atomic E-state index is 12.9. The number of aliphatic hydroxyl groups excluding tert-OH is 1. The Labute approximate surface area is 182 Å². The summed E-state index contributed by atoms with van der Waals surface area (Å²) in [6.07, 6.45) is 0.0460. The van der Waals surface area contributed by atoms with Gasteiger partial charge in [0.1, 0.15) is 0 Å². The van der Waals surface area contributed by atoms with Crippen molar-refractivity contribution in [1.82, 2.24) is 4.90 Å². The Morgan fingerprint density at radius 1 is 1.30 bits per heavy atom. The SMILES string of the molecule is C[C@H]1CC(C)(c2sc(CC(F)F)cc2CCO)CCN1CC1(O)CCS(=O)(=O)CC1. The first kappa shape index (κ1) is 24.0. The van der Waals surface area contributed by atoms with E-state index in [4.69, 9.17) is 0 Å². The Kier molecular flexibility index (Phi) is 7.29. The number of hydrogen-bond donors (Lipinski definition) is 2. The first-order chi connectivity index (χ1) is 14.0. The molecule has 2 aliphatic heterocycles. The summed E-state index contributed by atoms with van der Waals surface area (Å²) in [6.45, 7) is 5.49. The fraction of sp³-hybridized carbons (Fsp3) is 0.810. The van der Waals surface area contributed by atoms with Crippen LogP contribution in [0.1, 0.15) is 54.8 Å². The topological polar surface area (TPSA) is 77.8 Å². The Bertz CT molecular complexity index is 828. The zero-order valence-corrected chi connectivity index (χ0v) is 19.4. The summed E-state index contributed by atoms with van der Waals surface area (Å²) in [5.41, 5.74) is -0.162. The summed E-state index contributed by atoms with van der Waals surface area (Å²) in [6, 6.07) is 2.00. The molecule has 0 saturated carbocycles. The van der Waals surface area contributed by atoms with E-state index in [1.807, 2.05) is 6.07 Å². The summed E-state index contributed by atoms with van der Waals surface area (Å²) in [5, 5.41) is 20.4. The minimum Gasteiger partial charge on any atom is -0.396 e. The van der Waals surface area contributed by atoms with Gasteiger partial charge in [-0.25, -0.2) is 17.2 Å². The van der Waals surface area contributed by atoms with Crippen molar-refractivity contribution in [3.05, 3.63) is 21.4 Å². The lowest BCUT2D eigenvalue weighted by atomic mass is 9.74. The van der Waals surface area contributed by atoms with Crippen molar-refractivity contribution < 1.29 is 27.4 Å². The predicted molar refractivity (Wildman–Crippen MR) is 115 cm³/mol. The Balaban J connectivity index is 1.71. The van der Waals surface area contributed by atoms with E-state index in [0.29, 0.717) is 17.8 Å². The molecule has 2 saturated heterocycles. The van der Waals surface area contributed by atoms with Gasteiger partial charge < -0.3 is 10.2 Å². The quantitative estimate of drug-likeness (QED) is 0.648. The van der Waals surface area contributed by atoms with Crippen LogP contribution in [0.15, 0.2) is 6.07 Å². The molecule has 3 rings (SSSR count). The molecule has 2 N–H and O–H groups in total. The third-order valence-corrected chi connectivity index (χ3v) is 9.88. The molecule has 2 atom stereocenters. The maximum absolute atomic E-state index is 12.9. The van der Waals surface area contributed by atoms with Crippen molar-refractivity contribution >= 4 is 21.2 Å². The van der Waals surface area contributed by atoms with Crippen molar-refractivity contribution in [2.45, 2.75) is 75.9 Å². The van der Waals surface area contributed by atoms with Gasteiger partial charge in [-0.05, 0) is 57.2 Å². The predicted octanol–water partition coefficient (Wildman–Crippen LogP) is 2.77. The summed E-state index contributed by atoms with van der Waals surface area (Å²) >= 11 is 1.45. The Morgan fingerprint density at radius 2 is 1.97 bits per heavy atom. The lowest BCUT2D eigenvalue weighted by Crippen LogP contribution is -2.54. The highest BCUT2D eigenvalue weighted by molar-refractivity contribution is 7.91. The molecule has 1 unspecified atom stereocenters. The Morgan fingerprint density at radius 3 is 2.53 bits per heavy atom. The molecule has 1 aromatic heterocycles. The normalized spacial score (nSPS) is 29.4. The highest BCUT2D eigenvalue weighted by Gasteiger charge is 2.42. The van der Waals surface area contributed by atoms with Gasteiger partial charge in [-0.2, -0.15) is 0 Å². The van der Waals surface area contributed by atoms with Gasteiger partial charge in [0.15, 0.2) is 9.84 Å². The number of likely N-dealkylation sites (tertiary alicyclic amines) is 1. The summed E-state index contributed by atoms with van der Waals surface area (Å²) in [4.78, 5) is 4.00. The van der Waals surface area contributed by atoms with Crippen molar-refractivity contribution in [2.24, 2.45) is 0 Å². The van der Waals surface area contributed by atoms with Gasteiger partial charge >= 0.3 is 0 Å². The Hall–Kier alpha value is -0.610. The number of rotatable bonds is 7. The molecule has 0 radical (unpaired) electrons. The zero-order chi connectivity index (χ0) is 22.2. The third kappa shape index (κ3) is 5.59. The molecule has 172 valence electrons. The van der Waals surface area contributed by atoms with Crippen LogP contribution in [0.3, 0.4) is 0 Å². The van der Waals surface area contributed by atoms with E-state index in [-0.39, 0.29) is 48.8 Å². The lowest BCUT2D eigenvalue weighted by Gasteiger charge is -2.47. The molecule has 5 nitrogen and oxygen atoms in total. The van der Waals surface area contributed by atoms with Gasteiger partial charge in [0.25, 0.3) is 0 Å². The van der Waals surface area contributed by atoms with Crippen molar-refractivity contribution in [2.75, 3.05) is 31.2 Å². The first-order valence-corrected chi connectivity index (χ1v) is 13.3. The fourth-order valence-corrected chi connectivity index (χ4v) is 7.93. The highest BCUT2D eigenvalue weighted by Crippen LogP contribution is 2.44. The van der Waals surface area contributed by atoms with Gasteiger partial charge in [0, 0.05) is 40.8 Å². The van der Waals surface area contributed by atoms with Crippen LogP contribution in [-0.4, -0.2) is 72.8 Å². The first-order valence-electron chi connectivity index (χ1n) is 10.6. The van der Waals surface area contributed by atoms with Crippen LogP contribution in [0.2, 0.25) is 0 Å².